The Bertz CT molecular complexity index is 239. The average Bonchev–Trinajstić information content (AvgIpc) is 2.41. The molecule has 0 aromatic carbocycles. The van der Waals surface area contributed by atoms with Crippen LogP contribution in [-0.2, 0) is 9.47 Å². The van der Waals surface area contributed by atoms with Gasteiger partial charge in [0.05, 0.1) is 32.5 Å². The summed E-state index contributed by atoms with van der Waals surface area (Å²) in [6.45, 7) is 4.14. The number of methoxy groups -OCH3 is 1. The van der Waals surface area contributed by atoms with E-state index in [0.717, 1.165) is 19.3 Å². The minimum Gasteiger partial charge on any atom is -0.394 e. The highest BCUT2D eigenvalue weighted by molar-refractivity contribution is 4.92. The maximum Gasteiger partial charge on any atom is 0.0897 e. The van der Waals surface area contributed by atoms with Gasteiger partial charge in [0.15, 0.2) is 0 Å². The molecule has 1 aliphatic carbocycles. The van der Waals surface area contributed by atoms with Gasteiger partial charge in [-0.05, 0) is 18.8 Å². The first-order chi connectivity index (χ1) is 9.12. The van der Waals surface area contributed by atoms with Crippen molar-refractivity contribution in [2.24, 2.45) is 5.92 Å². The lowest BCUT2D eigenvalue weighted by molar-refractivity contribution is 0.00537. The maximum absolute atomic E-state index is 9.85. The summed E-state index contributed by atoms with van der Waals surface area (Å²) in [5.74, 6) is 0.628. The van der Waals surface area contributed by atoms with Gasteiger partial charge < -0.3 is 25.0 Å². The molecule has 3 unspecified atom stereocenters. The SMILES string of the molecule is COCCOCC(O)CNC1(CO)CCCC(C)C1. The third-order valence-electron chi connectivity index (χ3n) is 3.85. The molecule has 0 aromatic heterocycles. The summed E-state index contributed by atoms with van der Waals surface area (Å²) in [4.78, 5) is 0. The van der Waals surface area contributed by atoms with E-state index in [0.29, 0.717) is 32.3 Å². The van der Waals surface area contributed by atoms with Crippen LogP contribution in [0.2, 0.25) is 0 Å². The molecular formula is C14H29NO4. The summed E-state index contributed by atoms with van der Waals surface area (Å²) in [7, 11) is 1.62. The number of hydrogen-bond donors (Lipinski definition) is 3. The van der Waals surface area contributed by atoms with Crippen LogP contribution < -0.4 is 5.32 Å². The first-order valence-electron chi connectivity index (χ1n) is 7.22. The van der Waals surface area contributed by atoms with Crippen LogP contribution in [-0.4, -0.2) is 61.9 Å². The summed E-state index contributed by atoms with van der Waals surface area (Å²) in [6.07, 6.45) is 3.77. The van der Waals surface area contributed by atoms with Crippen molar-refractivity contribution in [1.29, 1.82) is 0 Å². The second-order valence-electron chi connectivity index (χ2n) is 5.74. The van der Waals surface area contributed by atoms with Gasteiger partial charge in [0, 0.05) is 19.2 Å². The van der Waals surface area contributed by atoms with Gasteiger partial charge in [0.1, 0.15) is 0 Å². The predicted octanol–water partition coefficient (Wildman–Crippen LogP) is 0.541. The Kier molecular flexibility index (Phi) is 7.87. The van der Waals surface area contributed by atoms with E-state index in [1.54, 1.807) is 7.11 Å². The van der Waals surface area contributed by atoms with Crippen molar-refractivity contribution in [3.63, 3.8) is 0 Å². The molecule has 3 N–H and O–H groups in total. The summed E-state index contributed by atoms with van der Waals surface area (Å²) in [5.41, 5.74) is -0.217. The molecule has 1 rings (SSSR count). The zero-order chi connectivity index (χ0) is 14.1. The lowest BCUT2D eigenvalue weighted by Gasteiger charge is -2.40. The van der Waals surface area contributed by atoms with Gasteiger partial charge in [-0.1, -0.05) is 19.8 Å². The van der Waals surface area contributed by atoms with Crippen molar-refractivity contribution in [3.05, 3.63) is 0 Å². The van der Waals surface area contributed by atoms with E-state index in [9.17, 15) is 10.2 Å². The fourth-order valence-electron chi connectivity index (χ4n) is 2.78. The number of β-amino-alcohol motifs (C(OH)–C–C–N with tert-alkyl or cyclic N) is 1. The Morgan fingerprint density at radius 2 is 2.21 bits per heavy atom. The molecule has 0 bridgehead atoms. The van der Waals surface area contributed by atoms with E-state index in [1.807, 2.05) is 0 Å². The van der Waals surface area contributed by atoms with Crippen molar-refractivity contribution >= 4 is 0 Å². The van der Waals surface area contributed by atoms with E-state index in [-0.39, 0.29) is 12.1 Å². The minimum atomic E-state index is -0.544. The molecule has 0 aliphatic heterocycles. The van der Waals surface area contributed by atoms with Crippen LogP contribution in [0.4, 0.5) is 0 Å². The number of ether oxygens (including phenoxy) is 2. The molecule has 0 heterocycles. The molecule has 0 aromatic rings. The fraction of sp³-hybridized carbons (Fsp3) is 1.00. The molecule has 5 heteroatoms. The molecule has 0 saturated heterocycles. The molecule has 5 nitrogen and oxygen atoms in total. The van der Waals surface area contributed by atoms with Crippen LogP contribution in [0.15, 0.2) is 0 Å². The third-order valence-corrected chi connectivity index (χ3v) is 3.85. The van der Waals surface area contributed by atoms with Crippen LogP contribution in [0.25, 0.3) is 0 Å². The van der Waals surface area contributed by atoms with Gasteiger partial charge in [0.2, 0.25) is 0 Å². The lowest BCUT2D eigenvalue weighted by Crippen LogP contribution is -2.54. The second-order valence-corrected chi connectivity index (χ2v) is 5.74. The van der Waals surface area contributed by atoms with Crippen molar-refractivity contribution in [2.45, 2.75) is 44.2 Å². The highest BCUT2D eigenvalue weighted by Gasteiger charge is 2.34. The molecule has 114 valence electrons. The van der Waals surface area contributed by atoms with Gasteiger partial charge in [0.25, 0.3) is 0 Å². The predicted molar refractivity (Wildman–Crippen MR) is 74.2 cm³/mol. The highest BCUT2D eigenvalue weighted by atomic mass is 16.5. The zero-order valence-electron chi connectivity index (χ0n) is 12.2. The number of hydrogen-bond acceptors (Lipinski definition) is 5. The molecule has 0 spiro atoms. The topological polar surface area (TPSA) is 71.0 Å². The molecule has 19 heavy (non-hydrogen) atoms. The van der Waals surface area contributed by atoms with E-state index in [2.05, 4.69) is 12.2 Å². The largest absolute Gasteiger partial charge is 0.394 e. The van der Waals surface area contributed by atoms with Gasteiger partial charge in [-0.3, -0.25) is 0 Å². The summed E-state index contributed by atoms with van der Waals surface area (Å²) >= 11 is 0. The maximum atomic E-state index is 9.85. The van der Waals surface area contributed by atoms with Crippen LogP contribution in [0, 0.1) is 5.92 Å². The summed E-state index contributed by atoms with van der Waals surface area (Å²) < 4.78 is 10.2. The quantitative estimate of drug-likeness (QED) is 0.536. The first-order valence-corrected chi connectivity index (χ1v) is 7.22. The molecule has 1 saturated carbocycles. The Labute approximate surface area is 116 Å². The fourth-order valence-corrected chi connectivity index (χ4v) is 2.78. The van der Waals surface area contributed by atoms with E-state index >= 15 is 0 Å². The van der Waals surface area contributed by atoms with Gasteiger partial charge in [-0.2, -0.15) is 0 Å². The summed E-state index contributed by atoms with van der Waals surface area (Å²) in [6, 6.07) is 0. The Balaban J connectivity index is 2.24. The Morgan fingerprint density at radius 3 is 2.84 bits per heavy atom. The zero-order valence-corrected chi connectivity index (χ0v) is 12.2. The molecule has 0 radical (unpaired) electrons. The molecule has 3 atom stereocenters. The van der Waals surface area contributed by atoms with Crippen LogP contribution in [0.1, 0.15) is 32.6 Å². The molecule has 1 aliphatic rings. The molecule has 0 amide bonds. The van der Waals surface area contributed by atoms with Crippen molar-refractivity contribution in [1.82, 2.24) is 5.32 Å². The number of aliphatic hydroxyl groups is 2. The van der Waals surface area contributed by atoms with Crippen LogP contribution in [0.5, 0.6) is 0 Å². The first kappa shape index (κ1) is 16.9. The minimum absolute atomic E-state index is 0.134. The lowest BCUT2D eigenvalue weighted by atomic mass is 9.77. The van der Waals surface area contributed by atoms with E-state index in [1.165, 1.54) is 6.42 Å². The average molecular weight is 275 g/mol. The van der Waals surface area contributed by atoms with Crippen molar-refractivity contribution in [3.8, 4) is 0 Å². The van der Waals surface area contributed by atoms with Gasteiger partial charge in [-0.15, -0.1) is 0 Å². The second kappa shape index (κ2) is 8.87. The monoisotopic (exact) mass is 275 g/mol. The third kappa shape index (κ3) is 6.19. The highest BCUT2D eigenvalue weighted by Crippen LogP contribution is 2.31. The number of nitrogens with one attached hydrogen (secondary N) is 1. The normalized spacial score (nSPS) is 29.4. The summed E-state index contributed by atoms with van der Waals surface area (Å²) in [5, 5.41) is 22.8. The van der Waals surface area contributed by atoms with E-state index in [4.69, 9.17) is 9.47 Å². The standard InChI is InChI=1S/C14H29NO4/c1-12-4-3-5-14(8-12,11-16)15-9-13(17)10-19-7-6-18-2/h12-13,15-17H,3-11H2,1-2H3. The van der Waals surface area contributed by atoms with Crippen LogP contribution >= 0.6 is 0 Å². The van der Waals surface area contributed by atoms with Gasteiger partial charge in [-0.25, -0.2) is 0 Å². The number of aliphatic hydroxyl groups excluding tert-OH is 2. The smallest absolute Gasteiger partial charge is 0.0897 e. The number of rotatable bonds is 9. The Hall–Kier alpha value is -0.200. The van der Waals surface area contributed by atoms with Gasteiger partial charge >= 0.3 is 0 Å². The van der Waals surface area contributed by atoms with Crippen molar-refractivity contribution < 1.29 is 19.7 Å². The van der Waals surface area contributed by atoms with Crippen LogP contribution in [0.3, 0.4) is 0 Å². The van der Waals surface area contributed by atoms with Crippen molar-refractivity contribution in [2.75, 3.05) is 40.1 Å². The molecular weight excluding hydrogens is 246 g/mol. The molecule has 1 fully saturated rings. The Morgan fingerprint density at radius 1 is 1.42 bits per heavy atom. The van der Waals surface area contributed by atoms with E-state index < -0.39 is 6.10 Å².